The quantitative estimate of drug-likeness (QED) is 0.643. The molecule has 0 fully saturated rings. The molecular formula is C12H12ClNO2. The zero-order valence-electron chi connectivity index (χ0n) is 8.92. The van der Waals surface area contributed by atoms with Crippen LogP contribution in [0.15, 0.2) is 18.2 Å². The Balaban J connectivity index is 2.81. The highest BCUT2D eigenvalue weighted by Crippen LogP contribution is 2.22. The topological polar surface area (TPSA) is 38.3 Å². The van der Waals surface area contributed by atoms with Crippen LogP contribution in [-0.2, 0) is 0 Å². The normalized spacial score (nSPS) is 9.31. The number of carbonyl (C=O) groups excluding carboxylic acids is 1. The minimum atomic E-state index is -0.241. The van der Waals surface area contributed by atoms with Gasteiger partial charge in [-0.15, -0.1) is 12.3 Å². The average Bonchev–Trinajstić information content (AvgIpc) is 2.29. The summed E-state index contributed by atoms with van der Waals surface area (Å²) in [7, 11) is 1.50. The lowest BCUT2D eigenvalue weighted by molar-refractivity contribution is 0.0951. The zero-order chi connectivity index (χ0) is 12.0. The Hall–Kier alpha value is -1.66. The molecule has 4 heteroatoms. The molecule has 1 rings (SSSR count). The Morgan fingerprint density at radius 1 is 1.62 bits per heavy atom. The molecule has 0 unspecified atom stereocenters. The number of ether oxygens (including phenoxy) is 1. The minimum absolute atomic E-state index is 0.241. The summed E-state index contributed by atoms with van der Waals surface area (Å²) in [5, 5.41) is 3.17. The number of nitrogens with one attached hydrogen (secondary N) is 1. The second-order valence-electron chi connectivity index (χ2n) is 3.05. The van der Waals surface area contributed by atoms with Crippen LogP contribution in [0.3, 0.4) is 0 Å². The molecule has 84 valence electrons. The first-order valence-corrected chi connectivity index (χ1v) is 5.12. The van der Waals surface area contributed by atoms with E-state index in [4.69, 9.17) is 22.8 Å². The summed E-state index contributed by atoms with van der Waals surface area (Å²) in [6.45, 7) is 0.436. The van der Waals surface area contributed by atoms with Crippen molar-refractivity contribution in [3.8, 4) is 18.1 Å². The molecule has 0 aromatic heterocycles. The summed E-state index contributed by atoms with van der Waals surface area (Å²) in [5.74, 6) is 2.69. The van der Waals surface area contributed by atoms with Gasteiger partial charge in [-0.05, 0) is 18.2 Å². The van der Waals surface area contributed by atoms with E-state index in [0.29, 0.717) is 29.3 Å². The Morgan fingerprint density at radius 3 is 3.00 bits per heavy atom. The van der Waals surface area contributed by atoms with E-state index in [9.17, 15) is 4.79 Å². The predicted octanol–water partition coefficient (Wildman–Crippen LogP) is 2.10. The van der Waals surface area contributed by atoms with Crippen molar-refractivity contribution in [2.75, 3.05) is 13.7 Å². The van der Waals surface area contributed by atoms with Crippen LogP contribution in [0.5, 0.6) is 5.75 Å². The lowest BCUT2D eigenvalue weighted by Gasteiger charge is -2.08. The maximum absolute atomic E-state index is 11.7. The third-order valence-electron chi connectivity index (χ3n) is 1.96. The summed E-state index contributed by atoms with van der Waals surface area (Å²) < 4.78 is 5.07. The summed E-state index contributed by atoms with van der Waals surface area (Å²) >= 11 is 5.81. The van der Waals surface area contributed by atoms with E-state index in [0.717, 1.165) is 0 Å². The highest BCUT2D eigenvalue weighted by atomic mass is 35.5. The van der Waals surface area contributed by atoms with Crippen molar-refractivity contribution in [1.29, 1.82) is 0 Å². The number of halogens is 1. The van der Waals surface area contributed by atoms with Crippen molar-refractivity contribution in [3.63, 3.8) is 0 Å². The first-order chi connectivity index (χ1) is 7.69. The Bertz CT molecular complexity index is 424. The largest absolute Gasteiger partial charge is 0.496 e. The lowest BCUT2D eigenvalue weighted by Crippen LogP contribution is -2.24. The molecule has 0 aliphatic rings. The van der Waals surface area contributed by atoms with E-state index in [-0.39, 0.29) is 5.91 Å². The Morgan fingerprint density at radius 2 is 2.38 bits per heavy atom. The Labute approximate surface area is 99.7 Å². The molecule has 0 aliphatic heterocycles. The van der Waals surface area contributed by atoms with Crippen LogP contribution in [0.2, 0.25) is 5.02 Å². The van der Waals surface area contributed by atoms with E-state index >= 15 is 0 Å². The molecule has 1 aromatic carbocycles. The Kier molecular flexibility index (Phi) is 4.68. The molecule has 3 nitrogen and oxygen atoms in total. The van der Waals surface area contributed by atoms with Gasteiger partial charge in [-0.25, -0.2) is 0 Å². The highest BCUT2D eigenvalue weighted by molar-refractivity contribution is 6.31. The molecule has 0 heterocycles. The van der Waals surface area contributed by atoms with Crippen molar-refractivity contribution >= 4 is 17.5 Å². The number of terminal acetylenes is 1. The molecular weight excluding hydrogens is 226 g/mol. The van der Waals surface area contributed by atoms with Crippen molar-refractivity contribution in [2.45, 2.75) is 6.42 Å². The fourth-order valence-corrected chi connectivity index (χ4v) is 1.37. The second-order valence-corrected chi connectivity index (χ2v) is 3.49. The van der Waals surface area contributed by atoms with Crippen molar-refractivity contribution in [2.24, 2.45) is 0 Å². The fourth-order valence-electron chi connectivity index (χ4n) is 1.20. The summed E-state index contributed by atoms with van der Waals surface area (Å²) in [5.41, 5.74) is 0.409. The van der Waals surface area contributed by atoms with Gasteiger partial charge in [0.25, 0.3) is 5.91 Å². The maximum atomic E-state index is 11.7. The molecule has 0 saturated heterocycles. The lowest BCUT2D eigenvalue weighted by atomic mass is 10.2. The molecule has 16 heavy (non-hydrogen) atoms. The number of amides is 1. The molecule has 1 amide bonds. The van der Waals surface area contributed by atoms with E-state index in [1.807, 2.05) is 0 Å². The van der Waals surface area contributed by atoms with Crippen LogP contribution in [0.4, 0.5) is 0 Å². The number of carbonyl (C=O) groups is 1. The summed E-state index contributed by atoms with van der Waals surface area (Å²) in [6, 6.07) is 4.88. The number of rotatable bonds is 4. The van der Waals surface area contributed by atoms with Crippen molar-refractivity contribution in [3.05, 3.63) is 28.8 Å². The van der Waals surface area contributed by atoms with Gasteiger partial charge >= 0.3 is 0 Å². The maximum Gasteiger partial charge on any atom is 0.255 e. The van der Waals surface area contributed by atoms with Gasteiger partial charge in [-0.1, -0.05) is 11.6 Å². The van der Waals surface area contributed by atoms with Gasteiger partial charge in [0.2, 0.25) is 0 Å². The van der Waals surface area contributed by atoms with Crippen molar-refractivity contribution in [1.82, 2.24) is 5.32 Å². The van der Waals surface area contributed by atoms with Gasteiger partial charge in [0.05, 0.1) is 12.7 Å². The third kappa shape index (κ3) is 3.18. The summed E-state index contributed by atoms with van der Waals surface area (Å²) in [6.07, 6.45) is 5.58. The summed E-state index contributed by atoms with van der Waals surface area (Å²) in [4.78, 5) is 11.7. The SMILES string of the molecule is C#CCCNC(=O)c1cc(Cl)ccc1OC. The van der Waals surface area contributed by atoms with Gasteiger partial charge in [-0.2, -0.15) is 0 Å². The number of hydrogen-bond donors (Lipinski definition) is 1. The number of methoxy groups -OCH3 is 1. The van der Waals surface area contributed by atoms with Crippen LogP contribution in [0, 0.1) is 12.3 Å². The van der Waals surface area contributed by atoms with Crippen LogP contribution < -0.4 is 10.1 Å². The molecule has 0 saturated carbocycles. The van der Waals surface area contributed by atoms with Gasteiger partial charge < -0.3 is 10.1 Å². The molecule has 0 atom stereocenters. The van der Waals surface area contributed by atoms with Crippen LogP contribution in [-0.4, -0.2) is 19.6 Å². The molecule has 0 radical (unpaired) electrons. The van der Waals surface area contributed by atoms with Gasteiger partial charge in [0.1, 0.15) is 5.75 Å². The van der Waals surface area contributed by atoms with Gasteiger partial charge in [0.15, 0.2) is 0 Å². The average molecular weight is 238 g/mol. The highest BCUT2D eigenvalue weighted by Gasteiger charge is 2.11. The number of hydrogen-bond acceptors (Lipinski definition) is 2. The number of benzene rings is 1. The van der Waals surface area contributed by atoms with Crippen LogP contribution in [0.25, 0.3) is 0 Å². The van der Waals surface area contributed by atoms with Gasteiger partial charge in [0, 0.05) is 18.0 Å². The molecule has 1 aromatic rings. The van der Waals surface area contributed by atoms with E-state index in [1.165, 1.54) is 7.11 Å². The molecule has 0 spiro atoms. The first-order valence-electron chi connectivity index (χ1n) is 4.74. The molecule has 0 aliphatic carbocycles. The van der Waals surface area contributed by atoms with Crippen LogP contribution >= 0.6 is 11.6 Å². The second kappa shape index (κ2) is 6.04. The first kappa shape index (κ1) is 12.4. The smallest absolute Gasteiger partial charge is 0.255 e. The zero-order valence-corrected chi connectivity index (χ0v) is 9.67. The molecule has 0 bridgehead atoms. The standard InChI is InChI=1S/C12H12ClNO2/c1-3-4-7-14-12(15)10-8-9(13)5-6-11(10)16-2/h1,5-6,8H,4,7H2,2H3,(H,14,15). The fraction of sp³-hybridized carbons (Fsp3) is 0.250. The van der Waals surface area contributed by atoms with E-state index < -0.39 is 0 Å². The monoisotopic (exact) mass is 237 g/mol. The van der Waals surface area contributed by atoms with E-state index in [2.05, 4.69) is 11.2 Å². The molecule has 1 N–H and O–H groups in total. The predicted molar refractivity (Wildman–Crippen MR) is 63.8 cm³/mol. The third-order valence-corrected chi connectivity index (χ3v) is 2.20. The minimum Gasteiger partial charge on any atom is -0.496 e. The van der Waals surface area contributed by atoms with Gasteiger partial charge in [-0.3, -0.25) is 4.79 Å². The van der Waals surface area contributed by atoms with Crippen LogP contribution in [0.1, 0.15) is 16.8 Å². The van der Waals surface area contributed by atoms with E-state index in [1.54, 1.807) is 18.2 Å². The van der Waals surface area contributed by atoms with Crippen molar-refractivity contribution < 1.29 is 9.53 Å².